The fourth-order valence-electron chi connectivity index (χ4n) is 13.9. The Labute approximate surface area is 417 Å². The summed E-state index contributed by atoms with van der Waals surface area (Å²) in [5, 5.41) is 9.72. The summed E-state index contributed by atoms with van der Waals surface area (Å²) in [6.45, 7) is 4.77. The Morgan fingerprint density at radius 1 is 0.306 bits per heavy atom. The van der Waals surface area contributed by atoms with Crippen molar-refractivity contribution >= 4 is 71.3 Å². The maximum Gasteiger partial charge on any atom is 0.143 e. The van der Waals surface area contributed by atoms with Crippen LogP contribution in [0.1, 0.15) is 47.2 Å². The average molecular weight is 916 g/mol. The van der Waals surface area contributed by atoms with E-state index >= 15 is 0 Å². The second kappa shape index (κ2) is 14.3. The van der Waals surface area contributed by atoms with Crippen LogP contribution < -0.4 is 4.90 Å². The number of anilines is 3. The molecule has 0 bridgehead atoms. The number of nitrogens with zero attached hydrogens (tertiary/aromatic N) is 1. The van der Waals surface area contributed by atoms with Crippen molar-refractivity contribution in [2.75, 3.05) is 4.90 Å². The Hall–Kier alpha value is -8.98. The maximum atomic E-state index is 7.04. The molecule has 1 heterocycles. The molecule has 0 radical (unpaired) electrons. The van der Waals surface area contributed by atoms with E-state index in [9.17, 15) is 0 Å². The summed E-state index contributed by atoms with van der Waals surface area (Å²) in [6, 6.07) is 88.8. The SMILES string of the molecule is CC1(C)c2ccccc2-c2c(N(c3ccc4c5ccccc5c5ccccc5c4c3)c3cc4c(cc3-c3cccc5c3oc3ccccc35)-c3ccccc3C43c4ccccc4-c4ccccc43)cccc21. The molecule has 0 saturated carbocycles. The zero-order valence-electron chi connectivity index (χ0n) is 39.9. The molecule has 13 aromatic rings. The van der Waals surface area contributed by atoms with Gasteiger partial charge in [-0.2, -0.15) is 0 Å². The fraction of sp³-hybridized carbons (Fsp3) is 0.0571. The van der Waals surface area contributed by atoms with Crippen LogP contribution in [0, 0.1) is 0 Å². The van der Waals surface area contributed by atoms with Crippen molar-refractivity contribution in [2.24, 2.45) is 0 Å². The van der Waals surface area contributed by atoms with Crippen molar-refractivity contribution in [1.29, 1.82) is 0 Å². The van der Waals surface area contributed by atoms with Crippen molar-refractivity contribution in [3.8, 4) is 44.5 Å². The summed E-state index contributed by atoms with van der Waals surface area (Å²) >= 11 is 0. The van der Waals surface area contributed by atoms with Gasteiger partial charge in [0.15, 0.2) is 0 Å². The van der Waals surface area contributed by atoms with Gasteiger partial charge in [0.1, 0.15) is 11.2 Å². The van der Waals surface area contributed by atoms with Gasteiger partial charge < -0.3 is 9.32 Å². The Bertz CT molecular complexity index is 4430. The largest absolute Gasteiger partial charge is 0.455 e. The number of hydrogen-bond donors (Lipinski definition) is 0. The van der Waals surface area contributed by atoms with E-state index in [4.69, 9.17) is 4.42 Å². The molecule has 0 atom stereocenters. The van der Waals surface area contributed by atoms with E-state index in [-0.39, 0.29) is 5.41 Å². The third-order valence-electron chi connectivity index (χ3n) is 16.9. The molecular weight excluding hydrogens is 871 g/mol. The lowest BCUT2D eigenvalue weighted by atomic mass is 9.70. The number of rotatable bonds is 4. The molecule has 1 spiro atoms. The molecule has 12 aromatic carbocycles. The lowest BCUT2D eigenvalue weighted by Gasteiger charge is -2.34. The predicted octanol–water partition coefficient (Wildman–Crippen LogP) is 18.8. The quantitative estimate of drug-likeness (QED) is 0.164. The monoisotopic (exact) mass is 915 g/mol. The fourth-order valence-corrected chi connectivity index (χ4v) is 13.9. The average Bonchev–Trinajstić information content (AvgIpc) is 4.13. The van der Waals surface area contributed by atoms with Crippen LogP contribution in [0.25, 0.3) is 98.8 Å². The van der Waals surface area contributed by atoms with Crippen LogP contribution in [0.2, 0.25) is 0 Å². The Kier molecular flexibility index (Phi) is 7.92. The highest BCUT2D eigenvalue weighted by Gasteiger charge is 2.52. The summed E-state index contributed by atoms with van der Waals surface area (Å²) in [5.41, 5.74) is 22.0. The van der Waals surface area contributed by atoms with Gasteiger partial charge in [0.25, 0.3) is 0 Å². The van der Waals surface area contributed by atoms with Gasteiger partial charge in [-0.05, 0) is 130 Å². The lowest BCUT2D eigenvalue weighted by Crippen LogP contribution is -2.26. The summed E-state index contributed by atoms with van der Waals surface area (Å²) in [5.74, 6) is 0. The molecular formula is C70H45NO. The third kappa shape index (κ3) is 5.03. The number of para-hydroxylation sites is 2. The molecule has 16 rings (SSSR count). The zero-order chi connectivity index (χ0) is 47.5. The van der Waals surface area contributed by atoms with Crippen LogP contribution in [0.3, 0.4) is 0 Å². The van der Waals surface area contributed by atoms with E-state index in [1.54, 1.807) is 0 Å². The van der Waals surface area contributed by atoms with Crippen LogP contribution in [0.4, 0.5) is 17.1 Å². The molecule has 0 fully saturated rings. The second-order valence-electron chi connectivity index (χ2n) is 20.6. The first-order valence-electron chi connectivity index (χ1n) is 25.3. The van der Waals surface area contributed by atoms with Crippen molar-refractivity contribution in [2.45, 2.75) is 24.7 Å². The van der Waals surface area contributed by atoms with Crippen LogP contribution in [-0.2, 0) is 10.8 Å². The minimum absolute atomic E-state index is 0.213. The van der Waals surface area contributed by atoms with Crippen molar-refractivity contribution in [1.82, 2.24) is 0 Å². The second-order valence-corrected chi connectivity index (χ2v) is 20.6. The zero-order valence-corrected chi connectivity index (χ0v) is 39.9. The van der Waals surface area contributed by atoms with Gasteiger partial charge >= 0.3 is 0 Å². The first-order valence-corrected chi connectivity index (χ1v) is 25.3. The minimum Gasteiger partial charge on any atom is -0.455 e. The normalized spacial score (nSPS) is 14.2. The molecule has 0 unspecified atom stereocenters. The molecule has 0 aliphatic heterocycles. The summed E-state index contributed by atoms with van der Waals surface area (Å²) < 4.78 is 7.04. The first-order chi connectivity index (χ1) is 35.5. The maximum absolute atomic E-state index is 7.04. The van der Waals surface area contributed by atoms with Gasteiger partial charge in [-0.3, -0.25) is 0 Å². The molecule has 72 heavy (non-hydrogen) atoms. The van der Waals surface area contributed by atoms with E-state index in [2.05, 4.69) is 255 Å². The molecule has 3 aliphatic rings. The lowest BCUT2D eigenvalue weighted by molar-refractivity contribution is 0.660. The van der Waals surface area contributed by atoms with E-state index in [0.717, 1.165) is 50.1 Å². The van der Waals surface area contributed by atoms with E-state index in [1.807, 2.05) is 0 Å². The summed E-state index contributed by atoms with van der Waals surface area (Å²) in [4.78, 5) is 2.61. The molecule has 2 nitrogen and oxygen atoms in total. The van der Waals surface area contributed by atoms with Crippen molar-refractivity contribution in [3.05, 3.63) is 270 Å². The van der Waals surface area contributed by atoms with Gasteiger partial charge in [0, 0.05) is 38.6 Å². The van der Waals surface area contributed by atoms with Gasteiger partial charge in [0.2, 0.25) is 0 Å². The number of hydrogen-bond acceptors (Lipinski definition) is 2. The molecule has 2 heteroatoms. The Balaban J connectivity index is 1.09. The number of benzene rings is 12. The van der Waals surface area contributed by atoms with E-state index < -0.39 is 5.41 Å². The topological polar surface area (TPSA) is 16.4 Å². The Morgan fingerprint density at radius 3 is 1.46 bits per heavy atom. The highest BCUT2D eigenvalue weighted by Crippen LogP contribution is 2.65. The number of fused-ring (bicyclic) bond motifs is 22. The molecule has 336 valence electrons. The summed E-state index contributed by atoms with van der Waals surface area (Å²) in [7, 11) is 0. The van der Waals surface area contributed by atoms with Gasteiger partial charge in [0.05, 0.1) is 16.8 Å². The molecule has 0 N–H and O–H groups in total. The molecule has 0 saturated heterocycles. The minimum atomic E-state index is -0.560. The van der Waals surface area contributed by atoms with Crippen LogP contribution in [-0.4, -0.2) is 0 Å². The van der Waals surface area contributed by atoms with E-state index in [1.165, 1.54) is 99.1 Å². The summed E-state index contributed by atoms with van der Waals surface area (Å²) in [6.07, 6.45) is 0. The van der Waals surface area contributed by atoms with Crippen LogP contribution >= 0.6 is 0 Å². The predicted molar refractivity (Wildman–Crippen MR) is 300 cm³/mol. The van der Waals surface area contributed by atoms with E-state index in [0.29, 0.717) is 0 Å². The van der Waals surface area contributed by atoms with Gasteiger partial charge in [-0.15, -0.1) is 0 Å². The highest BCUT2D eigenvalue weighted by atomic mass is 16.3. The number of furan rings is 1. The Morgan fingerprint density at radius 2 is 0.792 bits per heavy atom. The smallest absolute Gasteiger partial charge is 0.143 e. The van der Waals surface area contributed by atoms with Gasteiger partial charge in [-0.25, -0.2) is 0 Å². The van der Waals surface area contributed by atoms with Crippen LogP contribution in [0.15, 0.2) is 241 Å². The van der Waals surface area contributed by atoms with Crippen molar-refractivity contribution < 1.29 is 4.42 Å². The molecule has 0 amide bonds. The van der Waals surface area contributed by atoms with Crippen LogP contribution in [0.5, 0.6) is 0 Å². The van der Waals surface area contributed by atoms with Crippen molar-refractivity contribution in [3.63, 3.8) is 0 Å². The van der Waals surface area contributed by atoms with Gasteiger partial charge in [-0.1, -0.05) is 214 Å². The third-order valence-corrected chi connectivity index (χ3v) is 16.9. The standard InChI is InChI=1S/C70H45NO/c1-69(2)58-30-12-10-27-54(58)67-62(69)34-18-35-64(67)71(42-37-38-47-45-21-4-3-19-43(45)44-20-5-6-22-46(44)55(47)39-42)65-41-63-56(40-57(65)53-29-17-28-52-51-26-11-16-36-66(51)72-68(52)53)50-25-9-15-33-61(50)70(63)59-31-13-7-23-48(59)49-24-8-14-32-60(49)70/h3-41H,1-2H3. The highest BCUT2D eigenvalue weighted by molar-refractivity contribution is 6.26. The molecule has 1 aromatic heterocycles. The molecule has 3 aliphatic carbocycles. The first kappa shape index (κ1) is 39.8.